The summed E-state index contributed by atoms with van der Waals surface area (Å²) in [6, 6.07) is 0.318. The van der Waals surface area contributed by atoms with Crippen LogP contribution in [0.15, 0.2) is 5.38 Å². The van der Waals surface area contributed by atoms with Gasteiger partial charge in [-0.25, -0.2) is 9.97 Å². The Bertz CT molecular complexity index is 645. The van der Waals surface area contributed by atoms with Gasteiger partial charge in [-0.15, -0.1) is 11.3 Å². The molecule has 0 radical (unpaired) electrons. The summed E-state index contributed by atoms with van der Waals surface area (Å²) in [5.74, 6) is 0.905. The van der Waals surface area contributed by atoms with Crippen LogP contribution in [0, 0.1) is 6.92 Å². The molecular weight excluding hydrogens is 260 g/mol. The average Bonchev–Trinajstić information content (AvgIpc) is 3.11. The normalized spacial score (nSPS) is 14.7. The van der Waals surface area contributed by atoms with Gasteiger partial charge in [0.1, 0.15) is 5.82 Å². The van der Waals surface area contributed by atoms with Crippen LogP contribution in [-0.2, 0) is 0 Å². The quantitative estimate of drug-likeness (QED) is 0.931. The molecule has 0 bridgehead atoms. The van der Waals surface area contributed by atoms with E-state index in [9.17, 15) is 4.79 Å². The maximum absolute atomic E-state index is 12.1. The Hall–Kier alpha value is -1.69. The van der Waals surface area contributed by atoms with Gasteiger partial charge in [-0.3, -0.25) is 4.79 Å². The fourth-order valence-corrected chi connectivity index (χ4v) is 2.77. The number of thiophene rings is 1. The van der Waals surface area contributed by atoms with Crippen molar-refractivity contribution < 1.29 is 4.79 Å². The highest BCUT2D eigenvalue weighted by atomic mass is 32.1. The second-order valence-corrected chi connectivity index (χ2v) is 6.15. The molecule has 2 aromatic rings. The number of carbonyl (C=O) groups excluding carboxylic acids is 1. The monoisotopic (exact) mass is 276 g/mol. The minimum Gasteiger partial charge on any atom is -0.362 e. The molecule has 0 saturated heterocycles. The Kier molecular flexibility index (Phi) is 2.89. The number of fused-ring (bicyclic) bond motifs is 1. The summed E-state index contributed by atoms with van der Waals surface area (Å²) in [4.78, 5) is 24.0. The number of rotatable bonds is 3. The molecule has 0 spiro atoms. The first-order chi connectivity index (χ1) is 9.06. The molecule has 1 amide bonds. The number of nitrogens with one attached hydrogen (secondary N) is 1. The molecule has 0 unspecified atom stereocenters. The number of aryl methyl sites for hydroxylation is 1. The lowest BCUT2D eigenvalue weighted by molar-refractivity contribution is 0.0941. The Labute approximate surface area is 115 Å². The Morgan fingerprint density at radius 2 is 2.16 bits per heavy atom. The predicted molar refractivity (Wildman–Crippen MR) is 77.0 cm³/mol. The van der Waals surface area contributed by atoms with Crippen molar-refractivity contribution >= 4 is 34.0 Å². The molecule has 3 rings (SSSR count). The van der Waals surface area contributed by atoms with Gasteiger partial charge in [0, 0.05) is 30.4 Å². The molecule has 1 aliphatic carbocycles. The van der Waals surface area contributed by atoms with Crippen LogP contribution in [-0.4, -0.2) is 36.0 Å². The molecule has 0 aliphatic heterocycles. The number of aromatic nitrogens is 2. The third-order valence-electron chi connectivity index (χ3n) is 3.16. The van der Waals surface area contributed by atoms with Crippen LogP contribution in [0.4, 0.5) is 5.82 Å². The zero-order valence-electron chi connectivity index (χ0n) is 11.2. The van der Waals surface area contributed by atoms with Gasteiger partial charge in [0.2, 0.25) is 5.82 Å². The molecule has 100 valence electrons. The number of hydrogen-bond acceptors (Lipinski definition) is 5. The molecule has 1 aliphatic rings. The molecule has 1 N–H and O–H groups in total. The molecule has 6 heteroatoms. The molecule has 2 heterocycles. The molecule has 0 atom stereocenters. The first-order valence-corrected chi connectivity index (χ1v) is 7.18. The van der Waals surface area contributed by atoms with E-state index < -0.39 is 0 Å². The van der Waals surface area contributed by atoms with E-state index in [2.05, 4.69) is 15.3 Å². The van der Waals surface area contributed by atoms with Crippen LogP contribution in [0.2, 0.25) is 0 Å². The third kappa shape index (κ3) is 2.28. The van der Waals surface area contributed by atoms with Crippen molar-refractivity contribution in [2.24, 2.45) is 0 Å². The van der Waals surface area contributed by atoms with E-state index in [1.165, 1.54) is 4.88 Å². The third-order valence-corrected chi connectivity index (χ3v) is 4.06. The molecule has 1 saturated carbocycles. The maximum Gasteiger partial charge on any atom is 0.289 e. The van der Waals surface area contributed by atoms with Gasteiger partial charge in [0.15, 0.2) is 0 Å². The second-order valence-electron chi connectivity index (χ2n) is 5.07. The van der Waals surface area contributed by atoms with Crippen molar-refractivity contribution in [3.8, 4) is 0 Å². The van der Waals surface area contributed by atoms with Crippen molar-refractivity contribution in [1.82, 2.24) is 15.3 Å². The van der Waals surface area contributed by atoms with Gasteiger partial charge < -0.3 is 10.2 Å². The van der Waals surface area contributed by atoms with Crippen molar-refractivity contribution in [3.05, 3.63) is 16.1 Å². The molecule has 2 aromatic heterocycles. The second kappa shape index (κ2) is 4.45. The summed E-state index contributed by atoms with van der Waals surface area (Å²) < 4.78 is 0. The van der Waals surface area contributed by atoms with Gasteiger partial charge in [-0.1, -0.05) is 0 Å². The van der Waals surface area contributed by atoms with Crippen molar-refractivity contribution in [2.45, 2.75) is 25.8 Å². The van der Waals surface area contributed by atoms with Gasteiger partial charge in [0.25, 0.3) is 5.91 Å². The largest absolute Gasteiger partial charge is 0.362 e. The predicted octanol–water partition coefficient (Wildman–Crippen LogP) is 1.96. The van der Waals surface area contributed by atoms with Crippen LogP contribution in [0.25, 0.3) is 10.9 Å². The summed E-state index contributed by atoms with van der Waals surface area (Å²) in [5.41, 5.74) is 0.849. The van der Waals surface area contributed by atoms with Crippen LogP contribution in [0.3, 0.4) is 0 Å². The Balaban J connectivity index is 2.08. The fraction of sp³-hybridized carbons (Fsp3) is 0.462. The summed E-state index contributed by atoms with van der Waals surface area (Å²) in [5, 5.41) is 5.95. The summed E-state index contributed by atoms with van der Waals surface area (Å²) >= 11 is 1.64. The zero-order valence-corrected chi connectivity index (χ0v) is 12.0. The summed E-state index contributed by atoms with van der Waals surface area (Å²) in [7, 11) is 3.86. The highest BCUT2D eigenvalue weighted by Crippen LogP contribution is 2.30. The first-order valence-electron chi connectivity index (χ1n) is 6.30. The van der Waals surface area contributed by atoms with Gasteiger partial charge in [-0.05, 0) is 19.8 Å². The van der Waals surface area contributed by atoms with Gasteiger partial charge in [0.05, 0.1) is 10.9 Å². The summed E-state index contributed by atoms with van der Waals surface area (Å²) in [6.45, 7) is 2.05. The van der Waals surface area contributed by atoms with Crippen molar-refractivity contribution in [1.29, 1.82) is 0 Å². The Morgan fingerprint density at radius 1 is 1.42 bits per heavy atom. The minimum atomic E-state index is -0.170. The van der Waals surface area contributed by atoms with E-state index in [0.717, 1.165) is 29.6 Å². The van der Waals surface area contributed by atoms with Gasteiger partial charge >= 0.3 is 0 Å². The van der Waals surface area contributed by atoms with E-state index in [0.29, 0.717) is 6.04 Å². The van der Waals surface area contributed by atoms with Crippen molar-refractivity contribution in [2.75, 3.05) is 19.0 Å². The summed E-state index contributed by atoms with van der Waals surface area (Å²) in [6.07, 6.45) is 2.12. The number of anilines is 1. The van der Waals surface area contributed by atoms with E-state index in [-0.39, 0.29) is 11.7 Å². The van der Waals surface area contributed by atoms with E-state index in [1.54, 1.807) is 11.3 Å². The molecule has 5 nitrogen and oxygen atoms in total. The van der Waals surface area contributed by atoms with Crippen LogP contribution in [0.5, 0.6) is 0 Å². The highest BCUT2D eigenvalue weighted by molar-refractivity contribution is 7.11. The fourth-order valence-electron chi connectivity index (χ4n) is 1.99. The Morgan fingerprint density at radius 3 is 2.79 bits per heavy atom. The smallest absolute Gasteiger partial charge is 0.289 e. The lowest BCUT2D eigenvalue weighted by atomic mass is 10.2. The zero-order chi connectivity index (χ0) is 13.6. The van der Waals surface area contributed by atoms with Crippen LogP contribution in [0.1, 0.15) is 28.3 Å². The van der Waals surface area contributed by atoms with Gasteiger partial charge in [-0.2, -0.15) is 0 Å². The van der Waals surface area contributed by atoms with Crippen LogP contribution >= 0.6 is 11.3 Å². The average molecular weight is 276 g/mol. The maximum atomic E-state index is 12.1. The standard InChI is InChI=1S/C13H16N4OS/c1-7-10-9(6-19-7)15-11(16-12(10)17(2)3)13(18)14-8-4-5-8/h6,8H,4-5H2,1-3H3,(H,14,18). The number of carbonyl (C=O) groups is 1. The number of nitrogens with zero attached hydrogens (tertiary/aromatic N) is 3. The minimum absolute atomic E-state index is 0.170. The first kappa shape index (κ1) is 12.3. The molecule has 0 aromatic carbocycles. The van der Waals surface area contributed by atoms with E-state index in [1.807, 2.05) is 31.3 Å². The molecular formula is C13H16N4OS. The number of amides is 1. The van der Waals surface area contributed by atoms with E-state index >= 15 is 0 Å². The topological polar surface area (TPSA) is 58.1 Å². The lowest BCUT2D eigenvalue weighted by Gasteiger charge is -2.14. The highest BCUT2D eigenvalue weighted by Gasteiger charge is 2.26. The lowest BCUT2D eigenvalue weighted by Crippen LogP contribution is -2.28. The molecule has 1 fully saturated rings. The van der Waals surface area contributed by atoms with Crippen LogP contribution < -0.4 is 10.2 Å². The SMILES string of the molecule is Cc1scc2nc(C(=O)NC3CC3)nc(N(C)C)c12. The van der Waals surface area contributed by atoms with E-state index in [4.69, 9.17) is 0 Å². The number of hydrogen-bond donors (Lipinski definition) is 1. The van der Waals surface area contributed by atoms with Crippen molar-refractivity contribution in [3.63, 3.8) is 0 Å². The molecule has 19 heavy (non-hydrogen) atoms.